The summed E-state index contributed by atoms with van der Waals surface area (Å²) in [6, 6.07) is 13.5. The number of carbonyl (C=O) groups excluding carboxylic acids is 1. The number of amides is 1. The van der Waals surface area contributed by atoms with Gasteiger partial charge in [-0.1, -0.05) is 38.1 Å². The highest BCUT2D eigenvalue weighted by atomic mass is 32.2. The van der Waals surface area contributed by atoms with Gasteiger partial charge in [-0.15, -0.1) is 0 Å². The lowest BCUT2D eigenvalue weighted by Crippen LogP contribution is -2.52. The molecule has 7 heteroatoms. The number of aryl methyl sites for hydroxylation is 1. The molecule has 2 aromatic carbocycles. The van der Waals surface area contributed by atoms with Crippen LogP contribution in [0.2, 0.25) is 0 Å². The van der Waals surface area contributed by atoms with Crippen LogP contribution in [0.5, 0.6) is 5.75 Å². The van der Waals surface area contributed by atoms with Gasteiger partial charge in [-0.05, 0) is 49.6 Å². The van der Waals surface area contributed by atoms with E-state index >= 15 is 0 Å². The third kappa shape index (κ3) is 3.99. The van der Waals surface area contributed by atoms with E-state index in [1.165, 1.54) is 4.31 Å². The molecule has 0 radical (unpaired) electrons. The second kappa shape index (κ2) is 7.83. The van der Waals surface area contributed by atoms with Gasteiger partial charge >= 0.3 is 0 Å². The van der Waals surface area contributed by atoms with Gasteiger partial charge in [-0.2, -0.15) is 0 Å². The van der Waals surface area contributed by atoms with E-state index in [4.69, 9.17) is 4.74 Å². The number of nitrogens with one attached hydrogen (secondary N) is 1. The van der Waals surface area contributed by atoms with Crippen LogP contribution in [-0.4, -0.2) is 33.0 Å². The second-order valence-corrected chi connectivity index (χ2v) is 9.33. The summed E-state index contributed by atoms with van der Waals surface area (Å²) in [4.78, 5) is 12.9. The summed E-state index contributed by atoms with van der Waals surface area (Å²) in [6.07, 6.45) is -0.921. The molecule has 28 heavy (non-hydrogen) atoms. The van der Waals surface area contributed by atoms with Gasteiger partial charge in [0.05, 0.1) is 17.1 Å². The van der Waals surface area contributed by atoms with Crippen molar-refractivity contribution in [2.24, 2.45) is 5.92 Å². The highest BCUT2D eigenvalue weighted by molar-refractivity contribution is 7.92. The molecule has 0 bridgehead atoms. The molecule has 1 N–H and O–H groups in total. The van der Waals surface area contributed by atoms with Crippen LogP contribution in [0.1, 0.15) is 26.3 Å². The zero-order valence-corrected chi connectivity index (χ0v) is 17.4. The van der Waals surface area contributed by atoms with E-state index in [1.807, 2.05) is 33.8 Å². The highest BCUT2D eigenvalue weighted by Crippen LogP contribution is 2.37. The summed E-state index contributed by atoms with van der Waals surface area (Å²) in [5, 5.41) is 2.92. The molecular formula is C21H26N2O4S. The molecule has 1 aliphatic heterocycles. The van der Waals surface area contributed by atoms with Crippen LogP contribution in [0.4, 0.5) is 5.69 Å². The number of carbonyl (C=O) groups is 1. The second-order valence-electron chi connectivity index (χ2n) is 7.47. The van der Waals surface area contributed by atoms with Gasteiger partial charge in [0.2, 0.25) is 0 Å². The summed E-state index contributed by atoms with van der Waals surface area (Å²) in [6.45, 7) is 7.75. The predicted molar refractivity (Wildman–Crippen MR) is 109 cm³/mol. The Bertz CT molecular complexity index is 958. The maximum Gasteiger partial charge on any atom is 0.264 e. The van der Waals surface area contributed by atoms with Gasteiger partial charge in [-0.25, -0.2) is 8.42 Å². The van der Waals surface area contributed by atoms with Crippen LogP contribution in [0, 0.1) is 12.8 Å². The normalized spacial score (nSPS) is 17.6. The fourth-order valence-electron chi connectivity index (χ4n) is 2.93. The smallest absolute Gasteiger partial charge is 0.264 e. The van der Waals surface area contributed by atoms with Crippen molar-refractivity contribution in [3.8, 4) is 5.75 Å². The van der Waals surface area contributed by atoms with Gasteiger partial charge in [0, 0.05) is 6.04 Å². The van der Waals surface area contributed by atoms with Crippen LogP contribution < -0.4 is 14.4 Å². The number of hydrogen-bond acceptors (Lipinski definition) is 4. The molecule has 1 heterocycles. The van der Waals surface area contributed by atoms with Crippen LogP contribution in [0.3, 0.4) is 0 Å². The van der Waals surface area contributed by atoms with Crippen molar-refractivity contribution in [1.29, 1.82) is 0 Å². The first-order valence-corrected chi connectivity index (χ1v) is 10.8. The van der Waals surface area contributed by atoms with E-state index < -0.39 is 16.1 Å². The Balaban J connectivity index is 1.99. The number of nitrogens with zero attached hydrogens (tertiary/aromatic N) is 1. The molecule has 6 nitrogen and oxygen atoms in total. The maximum atomic E-state index is 13.3. The molecule has 0 fully saturated rings. The molecule has 0 aliphatic carbocycles. The van der Waals surface area contributed by atoms with Crippen molar-refractivity contribution in [2.45, 2.75) is 44.7 Å². The lowest BCUT2D eigenvalue weighted by molar-refractivity contribution is -0.128. The Morgan fingerprint density at radius 2 is 1.82 bits per heavy atom. The summed E-state index contributed by atoms with van der Waals surface area (Å²) in [5.41, 5.74) is 1.36. The largest absolute Gasteiger partial charge is 0.476 e. The van der Waals surface area contributed by atoms with E-state index in [1.54, 1.807) is 42.5 Å². The monoisotopic (exact) mass is 402 g/mol. The van der Waals surface area contributed by atoms with Crippen LogP contribution in [-0.2, 0) is 14.8 Å². The summed E-state index contributed by atoms with van der Waals surface area (Å²) < 4.78 is 33.7. The fourth-order valence-corrected chi connectivity index (χ4v) is 4.42. The zero-order chi connectivity index (χ0) is 20.5. The molecule has 0 saturated heterocycles. The molecule has 1 amide bonds. The molecular weight excluding hydrogens is 376 g/mol. The van der Waals surface area contributed by atoms with Gasteiger partial charge in [-0.3, -0.25) is 9.10 Å². The van der Waals surface area contributed by atoms with Crippen molar-refractivity contribution in [1.82, 2.24) is 5.32 Å². The summed E-state index contributed by atoms with van der Waals surface area (Å²) in [7, 11) is -3.83. The van der Waals surface area contributed by atoms with Gasteiger partial charge in [0.25, 0.3) is 15.9 Å². The quantitative estimate of drug-likeness (QED) is 0.834. The van der Waals surface area contributed by atoms with Crippen LogP contribution in [0.25, 0.3) is 0 Å². The number of ether oxygens (including phenoxy) is 1. The van der Waals surface area contributed by atoms with Crippen LogP contribution >= 0.6 is 0 Å². The SMILES string of the molecule is Cc1ccc2c(c1)N(S(=O)(=O)c1ccccc1)C[C@H](C(=O)N[C@@H](C)C(C)C)O2. The fraction of sp³-hybridized carbons (Fsp3) is 0.381. The molecule has 0 unspecified atom stereocenters. The maximum absolute atomic E-state index is 13.3. The van der Waals surface area contributed by atoms with Crippen molar-refractivity contribution < 1.29 is 17.9 Å². The van der Waals surface area contributed by atoms with E-state index in [0.29, 0.717) is 11.4 Å². The van der Waals surface area contributed by atoms with Crippen molar-refractivity contribution in [3.63, 3.8) is 0 Å². The van der Waals surface area contributed by atoms with E-state index in [0.717, 1.165) is 5.56 Å². The van der Waals surface area contributed by atoms with E-state index in [9.17, 15) is 13.2 Å². The Morgan fingerprint density at radius 3 is 2.46 bits per heavy atom. The first-order chi connectivity index (χ1) is 13.2. The van der Waals surface area contributed by atoms with Crippen molar-refractivity contribution in [3.05, 3.63) is 54.1 Å². The zero-order valence-electron chi connectivity index (χ0n) is 16.5. The first-order valence-electron chi connectivity index (χ1n) is 9.35. The van der Waals surface area contributed by atoms with Gasteiger partial charge in [0.1, 0.15) is 5.75 Å². The molecule has 1 aliphatic rings. The standard InChI is InChI=1S/C21H26N2O4S/c1-14(2)16(4)22-21(24)20-13-23(18-12-15(3)10-11-19(18)27-20)28(25,26)17-8-6-5-7-9-17/h5-12,14,16,20H,13H2,1-4H3,(H,22,24)/t16-,20+/m0/s1. The predicted octanol–water partition coefficient (Wildman–Crippen LogP) is 3.11. The van der Waals surface area contributed by atoms with Gasteiger partial charge in [0.15, 0.2) is 6.10 Å². The van der Waals surface area contributed by atoms with E-state index in [2.05, 4.69) is 5.32 Å². The number of benzene rings is 2. The van der Waals surface area contributed by atoms with Crippen molar-refractivity contribution >= 4 is 21.6 Å². The molecule has 2 atom stereocenters. The number of anilines is 1. The minimum absolute atomic E-state index is 0.0466. The molecule has 150 valence electrons. The molecule has 2 aromatic rings. The lowest BCUT2D eigenvalue weighted by Gasteiger charge is -2.35. The number of hydrogen-bond donors (Lipinski definition) is 1. The Kier molecular flexibility index (Phi) is 5.65. The lowest BCUT2D eigenvalue weighted by atomic mass is 10.1. The molecule has 0 spiro atoms. The Labute approximate surface area is 166 Å². The average Bonchev–Trinajstić information content (AvgIpc) is 2.67. The van der Waals surface area contributed by atoms with Crippen molar-refractivity contribution in [2.75, 3.05) is 10.8 Å². The highest BCUT2D eigenvalue weighted by Gasteiger charge is 2.38. The Hall–Kier alpha value is -2.54. The average molecular weight is 403 g/mol. The van der Waals surface area contributed by atoms with E-state index in [-0.39, 0.29) is 29.3 Å². The molecule has 0 saturated carbocycles. The first kappa shape index (κ1) is 20.2. The third-order valence-corrected chi connectivity index (χ3v) is 6.77. The molecule has 0 aromatic heterocycles. The topological polar surface area (TPSA) is 75.7 Å². The number of sulfonamides is 1. The Morgan fingerprint density at radius 1 is 1.14 bits per heavy atom. The minimum atomic E-state index is -3.83. The third-order valence-electron chi connectivity index (χ3n) is 4.98. The molecule has 3 rings (SSSR count). The number of rotatable bonds is 5. The minimum Gasteiger partial charge on any atom is -0.476 e. The number of fused-ring (bicyclic) bond motifs is 1. The van der Waals surface area contributed by atoms with Gasteiger partial charge < -0.3 is 10.1 Å². The summed E-state index contributed by atoms with van der Waals surface area (Å²) in [5.74, 6) is 0.320. The summed E-state index contributed by atoms with van der Waals surface area (Å²) >= 11 is 0. The van der Waals surface area contributed by atoms with Crippen LogP contribution in [0.15, 0.2) is 53.4 Å².